The van der Waals surface area contributed by atoms with Crippen LogP contribution in [0.3, 0.4) is 0 Å². The highest BCUT2D eigenvalue weighted by Gasteiger charge is 1.94. The van der Waals surface area contributed by atoms with Gasteiger partial charge in [0.1, 0.15) is 12.0 Å². The van der Waals surface area contributed by atoms with Crippen molar-refractivity contribution in [1.82, 2.24) is 0 Å². The first kappa shape index (κ1) is 10.5. The third-order valence-corrected chi connectivity index (χ3v) is 2.03. The second kappa shape index (κ2) is 5.22. The van der Waals surface area contributed by atoms with E-state index >= 15 is 0 Å². The Labute approximate surface area is 84.2 Å². The third kappa shape index (κ3) is 2.73. The highest BCUT2D eigenvalue weighted by molar-refractivity contribution is 5.81. The molecule has 0 spiro atoms. The van der Waals surface area contributed by atoms with Crippen LogP contribution in [0.4, 0.5) is 0 Å². The van der Waals surface area contributed by atoms with Crippen molar-refractivity contribution >= 4 is 12.4 Å². The van der Waals surface area contributed by atoms with Crippen molar-refractivity contribution in [3.8, 4) is 5.75 Å². The van der Waals surface area contributed by atoms with E-state index in [4.69, 9.17) is 4.74 Å². The Morgan fingerprint density at radius 1 is 1.36 bits per heavy atom. The summed E-state index contributed by atoms with van der Waals surface area (Å²) >= 11 is 0. The van der Waals surface area contributed by atoms with Gasteiger partial charge in [-0.25, -0.2) is 0 Å². The van der Waals surface area contributed by atoms with E-state index in [1.807, 2.05) is 37.3 Å². The summed E-state index contributed by atoms with van der Waals surface area (Å²) in [6, 6.07) is 7.61. The second-order valence-corrected chi connectivity index (χ2v) is 2.96. The van der Waals surface area contributed by atoms with E-state index in [1.54, 1.807) is 7.11 Å². The molecule has 1 rings (SSSR count). The number of allylic oxidation sites excluding steroid dienone is 1. The maximum atomic E-state index is 10.6. The molecule has 0 unspecified atom stereocenters. The molecule has 2 nitrogen and oxygen atoms in total. The van der Waals surface area contributed by atoms with Crippen LogP contribution in [0.25, 0.3) is 6.08 Å². The van der Waals surface area contributed by atoms with Crippen LogP contribution in [0.15, 0.2) is 29.8 Å². The summed E-state index contributed by atoms with van der Waals surface area (Å²) in [6.45, 7) is 1.96. The third-order valence-electron chi connectivity index (χ3n) is 2.03. The molecule has 0 fully saturated rings. The SMILES string of the molecule is CC/C(C=O)=C/c1ccc(OC)cc1. The highest BCUT2D eigenvalue weighted by Crippen LogP contribution is 2.14. The molecule has 14 heavy (non-hydrogen) atoms. The van der Waals surface area contributed by atoms with Gasteiger partial charge < -0.3 is 4.74 Å². The minimum atomic E-state index is 0.759. The molecule has 2 heteroatoms. The lowest BCUT2D eigenvalue weighted by molar-refractivity contribution is -0.104. The first-order valence-electron chi connectivity index (χ1n) is 4.60. The lowest BCUT2D eigenvalue weighted by atomic mass is 10.1. The van der Waals surface area contributed by atoms with Gasteiger partial charge in [-0.2, -0.15) is 0 Å². The van der Waals surface area contributed by atoms with E-state index in [0.717, 1.165) is 29.6 Å². The summed E-state index contributed by atoms with van der Waals surface area (Å²) in [6.07, 6.45) is 3.53. The zero-order valence-corrected chi connectivity index (χ0v) is 8.49. The minimum Gasteiger partial charge on any atom is -0.497 e. The molecule has 1 aromatic rings. The van der Waals surface area contributed by atoms with Crippen LogP contribution in [-0.2, 0) is 4.79 Å². The fourth-order valence-electron chi connectivity index (χ4n) is 1.13. The minimum absolute atomic E-state index is 0.759. The Kier molecular flexibility index (Phi) is 3.92. The molecular formula is C12H14O2. The average molecular weight is 190 g/mol. The molecule has 0 aliphatic rings. The zero-order chi connectivity index (χ0) is 10.4. The second-order valence-electron chi connectivity index (χ2n) is 2.96. The summed E-state index contributed by atoms with van der Waals surface area (Å²) in [5.74, 6) is 0.825. The molecule has 0 aliphatic heterocycles. The Hall–Kier alpha value is -1.57. The van der Waals surface area contributed by atoms with Crippen molar-refractivity contribution in [3.05, 3.63) is 35.4 Å². The summed E-state index contributed by atoms with van der Waals surface area (Å²) in [5.41, 5.74) is 1.82. The average Bonchev–Trinajstić information content (AvgIpc) is 2.26. The van der Waals surface area contributed by atoms with Crippen LogP contribution >= 0.6 is 0 Å². The van der Waals surface area contributed by atoms with Gasteiger partial charge in [0.15, 0.2) is 0 Å². The van der Waals surface area contributed by atoms with Crippen molar-refractivity contribution in [3.63, 3.8) is 0 Å². The number of benzene rings is 1. The van der Waals surface area contributed by atoms with Gasteiger partial charge in [0.05, 0.1) is 7.11 Å². The van der Waals surface area contributed by atoms with E-state index < -0.39 is 0 Å². The molecule has 0 amide bonds. The number of ether oxygens (including phenoxy) is 1. The largest absolute Gasteiger partial charge is 0.497 e. The van der Waals surface area contributed by atoms with Crippen LogP contribution in [0, 0.1) is 0 Å². The van der Waals surface area contributed by atoms with Crippen LogP contribution in [-0.4, -0.2) is 13.4 Å². The summed E-state index contributed by atoms with van der Waals surface area (Å²) < 4.78 is 5.04. The molecule has 0 heterocycles. The topological polar surface area (TPSA) is 26.3 Å². The fourth-order valence-corrected chi connectivity index (χ4v) is 1.13. The molecule has 0 saturated heterocycles. The van der Waals surface area contributed by atoms with Crippen molar-refractivity contribution in [2.75, 3.05) is 7.11 Å². The van der Waals surface area contributed by atoms with E-state index in [2.05, 4.69) is 0 Å². The van der Waals surface area contributed by atoms with Gasteiger partial charge in [-0.1, -0.05) is 19.1 Å². The van der Waals surface area contributed by atoms with E-state index in [-0.39, 0.29) is 0 Å². The Morgan fingerprint density at radius 2 is 2.00 bits per heavy atom. The molecule has 0 saturated carbocycles. The molecule has 0 radical (unpaired) electrons. The van der Waals surface area contributed by atoms with Crippen molar-refractivity contribution < 1.29 is 9.53 Å². The van der Waals surface area contributed by atoms with E-state index in [1.165, 1.54) is 0 Å². The lowest BCUT2D eigenvalue weighted by Gasteiger charge is -2.00. The molecule has 1 aromatic carbocycles. The summed E-state index contributed by atoms with van der Waals surface area (Å²) in [4.78, 5) is 10.6. The maximum Gasteiger partial charge on any atom is 0.146 e. The standard InChI is InChI=1S/C12H14O2/c1-3-10(9-13)8-11-4-6-12(14-2)7-5-11/h4-9H,3H2,1-2H3/b10-8-. The Balaban J connectivity index is 2.86. The number of carbonyl (C=O) groups excluding carboxylic acids is 1. The number of carbonyl (C=O) groups is 1. The summed E-state index contributed by atoms with van der Waals surface area (Å²) in [7, 11) is 1.63. The maximum absolute atomic E-state index is 10.6. The molecule has 0 aromatic heterocycles. The van der Waals surface area contributed by atoms with Crippen LogP contribution in [0.2, 0.25) is 0 Å². The molecule has 0 bridgehead atoms. The molecule has 0 aliphatic carbocycles. The van der Waals surface area contributed by atoms with Crippen molar-refractivity contribution in [1.29, 1.82) is 0 Å². The first-order chi connectivity index (χ1) is 6.80. The first-order valence-corrected chi connectivity index (χ1v) is 4.60. The Bertz CT molecular complexity index is 323. The lowest BCUT2D eigenvalue weighted by Crippen LogP contribution is -1.84. The van der Waals surface area contributed by atoms with Gasteiger partial charge in [0, 0.05) is 0 Å². The van der Waals surface area contributed by atoms with Gasteiger partial charge in [-0.15, -0.1) is 0 Å². The molecule has 0 N–H and O–H groups in total. The van der Waals surface area contributed by atoms with E-state index in [0.29, 0.717) is 0 Å². The van der Waals surface area contributed by atoms with Crippen molar-refractivity contribution in [2.45, 2.75) is 13.3 Å². The van der Waals surface area contributed by atoms with Crippen LogP contribution < -0.4 is 4.74 Å². The van der Waals surface area contributed by atoms with Gasteiger partial charge >= 0.3 is 0 Å². The number of hydrogen-bond donors (Lipinski definition) is 0. The number of hydrogen-bond acceptors (Lipinski definition) is 2. The van der Waals surface area contributed by atoms with Gasteiger partial charge in [-0.3, -0.25) is 4.79 Å². The predicted molar refractivity (Wildman–Crippen MR) is 57.3 cm³/mol. The van der Waals surface area contributed by atoms with E-state index in [9.17, 15) is 4.79 Å². The van der Waals surface area contributed by atoms with Crippen molar-refractivity contribution in [2.24, 2.45) is 0 Å². The highest BCUT2D eigenvalue weighted by atomic mass is 16.5. The van der Waals surface area contributed by atoms with Crippen LogP contribution in [0.5, 0.6) is 5.75 Å². The quantitative estimate of drug-likeness (QED) is 0.539. The monoisotopic (exact) mass is 190 g/mol. The number of methoxy groups -OCH3 is 1. The van der Waals surface area contributed by atoms with Gasteiger partial charge in [-0.05, 0) is 35.8 Å². The fraction of sp³-hybridized carbons (Fsp3) is 0.250. The van der Waals surface area contributed by atoms with Gasteiger partial charge in [0.2, 0.25) is 0 Å². The zero-order valence-electron chi connectivity index (χ0n) is 8.49. The Morgan fingerprint density at radius 3 is 2.43 bits per heavy atom. The smallest absolute Gasteiger partial charge is 0.146 e. The molecule has 74 valence electrons. The molecular weight excluding hydrogens is 176 g/mol. The van der Waals surface area contributed by atoms with Gasteiger partial charge in [0.25, 0.3) is 0 Å². The van der Waals surface area contributed by atoms with Crippen LogP contribution in [0.1, 0.15) is 18.9 Å². The number of rotatable bonds is 4. The number of aldehydes is 1. The normalized spacial score (nSPS) is 11.1. The summed E-state index contributed by atoms with van der Waals surface area (Å²) in [5, 5.41) is 0. The molecule has 0 atom stereocenters. The predicted octanol–water partition coefficient (Wildman–Crippen LogP) is 2.69.